The van der Waals surface area contributed by atoms with E-state index in [1.54, 1.807) is 7.11 Å². The molecular formula is C8H16ClNO3S. The summed E-state index contributed by atoms with van der Waals surface area (Å²) in [5.74, 6) is 0. The molecule has 1 aliphatic heterocycles. The third kappa shape index (κ3) is 3.08. The van der Waals surface area contributed by atoms with Crippen LogP contribution in [0.4, 0.5) is 0 Å². The van der Waals surface area contributed by atoms with Crippen molar-refractivity contribution >= 4 is 19.9 Å². The summed E-state index contributed by atoms with van der Waals surface area (Å²) >= 11 is 0. The first kappa shape index (κ1) is 12.2. The average Bonchev–Trinajstić information content (AvgIpc) is 2.27. The van der Waals surface area contributed by atoms with Gasteiger partial charge in [-0.05, 0) is 26.2 Å². The molecule has 1 aliphatic rings. The van der Waals surface area contributed by atoms with Crippen LogP contribution in [0.5, 0.6) is 0 Å². The molecule has 0 amide bonds. The number of ether oxygens (including phenoxy) is 1. The Morgan fingerprint density at radius 2 is 2.00 bits per heavy atom. The fourth-order valence-electron chi connectivity index (χ4n) is 1.65. The van der Waals surface area contributed by atoms with Crippen molar-refractivity contribution in [3.63, 3.8) is 0 Å². The second-order valence-electron chi connectivity index (χ2n) is 3.85. The first-order chi connectivity index (χ1) is 6.37. The van der Waals surface area contributed by atoms with E-state index in [9.17, 15) is 8.42 Å². The minimum Gasteiger partial charge on any atom is -0.378 e. The first-order valence-corrected chi connectivity index (χ1v) is 6.89. The van der Waals surface area contributed by atoms with Gasteiger partial charge in [0.1, 0.15) is 0 Å². The standard InChI is InChI=1S/C8H16ClNO3S/c1-8(13-2)4-3-6-10(7-5-8)14(9,11)12/h3-7H2,1-2H3. The second kappa shape index (κ2) is 4.35. The summed E-state index contributed by atoms with van der Waals surface area (Å²) in [7, 11) is 3.38. The van der Waals surface area contributed by atoms with Gasteiger partial charge in [-0.15, -0.1) is 0 Å². The predicted octanol–water partition coefficient (Wildman–Crippen LogP) is 1.36. The lowest BCUT2D eigenvalue weighted by Crippen LogP contribution is -2.31. The minimum absolute atomic E-state index is 0.212. The van der Waals surface area contributed by atoms with Gasteiger partial charge in [-0.2, -0.15) is 12.7 Å². The van der Waals surface area contributed by atoms with Crippen molar-refractivity contribution in [1.82, 2.24) is 4.31 Å². The Morgan fingerprint density at radius 3 is 2.50 bits per heavy atom. The first-order valence-electron chi connectivity index (χ1n) is 4.62. The number of hydrogen-bond donors (Lipinski definition) is 0. The van der Waals surface area contributed by atoms with E-state index in [4.69, 9.17) is 15.4 Å². The molecule has 0 aromatic rings. The molecule has 6 heteroatoms. The number of halogens is 1. The smallest absolute Gasteiger partial charge is 0.299 e. The van der Waals surface area contributed by atoms with Crippen LogP contribution >= 0.6 is 10.7 Å². The fourth-order valence-corrected chi connectivity index (χ4v) is 2.72. The number of nitrogens with zero attached hydrogens (tertiary/aromatic N) is 1. The van der Waals surface area contributed by atoms with Gasteiger partial charge in [0.15, 0.2) is 0 Å². The van der Waals surface area contributed by atoms with Crippen LogP contribution in [-0.2, 0) is 14.0 Å². The molecule has 84 valence electrons. The second-order valence-corrected chi connectivity index (χ2v) is 6.36. The van der Waals surface area contributed by atoms with Crippen LogP contribution in [0.3, 0.4) is 0 Å². The molecule has 0 saturated carbocycles. The van der Waals surface area contributed by atoms with Gasteiger partial charge in [0, 0.05) is 30.9 Å². The van der Waals surface area contributed by atoms with Crippen LogP contribution in [0.15, 0.2) is 0 Å². The molecule has 1 fully saturated rings. The minimum atomic E-state index is -3.56. The van der Waals surface area contributed by atoms with Gasteiger partial charge in [0.2, 0.25) is 0 Å². The Kier molecular flexibility index (Phi) is 3.80. The van der Waals surface area contributed by atoms with Crippen LogP contribution in [0.2, 0.25) is 0 Å². The van der Waals surface area contributed by atoms with Crippen LogP contribution in [-0.4, -0.2) is 38.5 Å². The lowest BCUT2D eigenvalue weighted by molar-refractivity contribution is -0.00449. The van der Waals surface area contributed by atoms with Crippen LogP contribution in [0.1, 0.15) is 26.2 Å². The zero-order valence-electron chi connectivity index (χ0n) is 8.49. The van der Waals surface area contributed by atoms with Crippen LogP contribution < -0.4 is 0 Å². The molecule has 1 heterocycles. The van der Waals surface area contributed by atoms with Crippen molar-refractivity contribution in [2.24, 2.45) is 0 Å². The van der Waals surface area contributed by atoms with Crippen LogP contribution in [0, 0.1) is 0 Å². The molecule has 0 spiro atoms. The van der Waals surface area contributed by atoms with E-state index in [1.165, 1.54) is 4.31 Å². The maximum absolute atomic E-state index is 11.1. The van der Waals surface area contributed by atoms with Gasteiger partial charge in [0.05, 0.1) is 5.60 Å². The lowest BCUT2D eigenvalue weighted by Gasteiger charge is -2.26. The van der Waals surface area contributed by atoms with E-state index in [0.717, 1.165) is 12.8 Å². The van der Waals surface area contributed by atoms with E-state index in [2.05, 4.69) is 0 Å². The quantitative estimate of drug-likeness (QED) is 0.686. The SMILES string of the molecule is COC1(C)CCCN(S(=O)(=O)Cl)CC1. The molecule has 0 N–H and O–H groups in total. The summed E-state index contributed by atoms with van der Waals surface area (Å²) in [6.07, 6.45) is 2.35. The molecule has 1 rings (SSSR count). The number of methoxy groups -OCH3 is 1. The molecule has 0 radical (unpaired) electrons. The topological polar surface area (TPSA) is 46.6 Å². The highest BCUT2D eigenvalue weighted by Gasteiger charge is 2.31. The Morgan fingerprint density at radius 1 is 1.36 bits per heavy atom. The van der Waals surface area contributed by atoms with E-state index in [1.807, 2.05) is 6.92 Å². The summed E-state index contributed by atoms with van der Waals surface area (Å²) in [5.41, 5.74) is -0.212. The van der Waals surface area contributed by atoms with Crippen molar-refractivity contribution in [3.05, 3.63) is 0 Å². The van der Waals surface area contributed by atoms with Gasteiger partial charge >= 0.3 is 0 Å². The average molecular weight is 242 g/mol. The molecule has 1 unspecified atom stereocenters. The summed E-state index contributed by atoms with van der Waals surface area (Å²) in [6, 6.07) is 0. The van der Waals surface area contributed by atoms with Gasteiger partial charge in [-0.3, -0.25) is 0 Å². The van der Waals surface area contributed by atoms with Crippen LogP contribution in [0.25, 0.3) is 0 Å². The Hall–Kier alpha value is 0.160. The number of rotatable bonds is 2. The maximum Gasteiger partial charge on any atom is 0.299 e. The van der Waals surface area contributed by atoms with E-state index < -0.39 is 9.24 Å². The Labute approximate surface area is 89.7 Å². The van der Waals surface area contributed by atoms with Crippen molar-refractivity contribution in [2.45, 2.75) is 31.8 Å². The molecule has 0 aliphatic carbocycles. The zero-order chi connectivity index (χ0) is 10.8. The monoisotopic (exact) mass is 241 g/mol. The summed E-state index contributed by atoms with van der Waals surface area (Å²) in [6.45, 7) is 2.93. The molecule has 1 atom stereocenters. The highest BCUT2D eigenvalue weighted by atomic mass is 35.7. The van der Waals surface area contributed by atoms with Gasteiger partial charge in [-0.25, -0.2) is 0 Å². The van der Waals surface area contributed by atoms with Crippen molar-refractivity contribution in [3.8, 4) is 0 Å². The van der Waals surface area contributed by atoms with E-state index in [0.29, 0.717) is 19.5 Å². The Bertz CT molecular complexity index is 293. The third-order valence-electron chi connectivity index (χ3n) is 2.80. The fraction of sp³-hybridized carbons (Fsp3) is 1.00. The molecule has 14 heavy (non-hydrogen) atoms. The van der Waals surface area contributed by atoms with Crippen molar-refractivity contribution in [2.75, 3.05) is 20.2 Å². The molecule has 0 aromatic heterocycles. The molecule has 4 nitrogen and oxygen atoms in total. The summed E-state index contributed by atoms with van der Waals surface area (Å²) in [5, 5.41) is 0. The summed E-state index contributed by atoms with van der Waals surface area (Å²) in [4.78, 5) is 0. The largest absolute Gasteiger partial charge is 0.378 e. The maximum atomic E-state index is 11.1. The van der Waals surface area contributed by atoms with Crippen molar-refractivity contribution in [1.29, 1.82) is 0 Å². The van der Waals surface area contributed by atoms with Crippen molar-refractivity contribution < 1.29 is 13.2 Å². The predicted molar refractivity (Wildman–Crippen MR) is 55.6 cm³/mol. The van der Waals surface area contributed by atoms with E-state index in [-0.39, 0.29) is 5.60 Å². The molecule has 1 saturated heterocycles. The van der Waals surface area contributed by atoms with Gasteiger partial charge in [-0.1, -0.05) is 0 Å². The van der Waals surface area contributed by atoms with E-state index >= 15 is 0 Å². The van der Waals surface area contributed by atoms with Gasteiger partial charge < -0.3 is 4.74 Å². The number of hydrogen-bond acceptors (Lipinski definition) is 3. The third-order valence-corrected chi connectivity index (χ3v) is 4.37. The van der Waals surface area contributed by atoms with Gasteiger partial charge in [0.25, 0.3) is 9.24 Å². The normalized spacial score (nSPS) is 31.4. The molecular weight excluding hydrogens is 226 g/mol. The highest BCUT2D eigenvalue weighted by Crippen LogP contribution is 2.26. The summed E-state index contributed by atoms with van der Waals surface area (Å²) < 4.78 is 28.8. The zero-order valence-corrected chi connectivity index (χ0v) is 10.1. The molecule has 0 bridgehead atoms. The lowest BCUT2D eigenvalue weighted by atomic mass is 9.97. The molecule has 0 aromatic carbocycles. The Balaban J connectivity index is 2.67. The highest BCUT2D eigenvalue weighted by molar-refractivity contribution is 8.11.